The van der Waals surface area contributed by atoms with E-state index in [-0.39, 0.29) is 36.2 Å². The van der Waals surface area contributed by atoms with Gasteiger partial charge in [-0.3, -0.25) is 4.79 Å². The fourth-order valence-electron chi connectivity index (χ4n) is 4.99. The van der Waals surface area contributed by atoms with E-state index in [0.29, 0.717) is 40.5 Å². The molecule has 0 spiro atoms. The molecule has 2 atom stereocenters. The molecule has 0 saturated heterocycles. The lowest BCUT2D eigenvalue weighted by atomic mass is 9.71. The molecule has 36 heavy (non-hydrogen) atoms. The smallest absolute Gasteiger partial charge is 0.336 e. The molecule has 1 heterocycles. The van der Waals surface area contributed by atoms with Crippen LogP contribution in [0.15, 0.2) is 65.0 Å². The average Bonchev–Trinajstić information content (AvgIpc) is 2.86. The molecular weight excluding hydrogens is 461 g/mol. The van der Waals surface area contributed by atoms with Gasteiger partial charge >= 0.3 is 5.97 Å². The van der Waals surface area contributed by atoms with Gasteiger partial charge in [0.15, 0.2) is 17.3 Å². The zero-order valence-corrected chi connectivity index (χ0v) is 21.3. The second-order valence-corrected chi connectivity index (χ2v) is 9.65. The number of methoxy groups -OCH3 is 2. The van der Waals surface area contributed by atoms with Crippen molar-refractivity contribution in [2.24, 2.45) is 5.92 Å². The number of nitrogens with one attached hydrogen (secondary N) is 1. The Labute approximate surface area is 211 Å². The monoisotopic (exact) mass is 493 g/mol. The largest absolute Gasteiger partial charge is 0.493 e. The first-order chi connectivity index (χ1) is 17.2. The number of carbonyl (C=O) groups excluding carboxylic acids is 2. The lowest BCUT2D eigenvalue weighted by molar-refractivity contribution is -0.140. The molecule has 2 aromatic carbocycles. The first-order valence-corrected chi connectivity index (χ1v) is 12.1. The van der Waals surface area contributed by atoms with Gasteiger partial charge in [-0.1, -0.05) is 38.1 Å². The number of dihydropyridines is 1. The van der Waals surface area contributed by atoms with Crippen LogP contribution in [-0.2, 0) is 14.3 Å². The van der Waals surface area contributed by atoms with Crippen molar-refractivity contribution in [1.29, 1.82) is 0 Å². The van der Waals surface area contributed by atoms with Crippen LogP contribution in [0.4, 0.5) is 4.39 Å². The van der Waals surface area contributed by atoms with Gasteiger partial charge in [-0.2, -0.15) is 0 Å². The van der Waals surface area contributed by atoms with E-state index in [2.05, 4.69) is 5.32 Å². The molecule has 0 aromatic heterocycles. The van der Waals surface area contributed by atoms with Crippen LogP contribution in [0.2, 0.25) is 0 Å². The van der Waals surface area contributed by atoms with Crippen molar-refractivity contribution < 1.29 is 28.2 Å². The summed E-state index contributed by atoms with van der Waals surface area (Å²) in [5, 5.41) is 3.30. The maximum absolute atomic E-state index is 15.1. The third-order valence-electron chi connectivity index (χ3n) is 6.69. The highest BCUT2D eigenvalue weighted by Gasteiger charge is 2.42. The number of ether oxygens (including phenoxy) is 3. The summed E-state index contributed by atoms with van der Waals surface area (Å²) in [6.45, 7) is 5.90. The minimum atomic E-state index is -0.832. The Morgan fingerprint density at radius 2 is 1.81 bits per heavy atom. The van der Waals surface area contributed by atoms with E-state index < -0.39 is 17.7 Å². The van der Waals surface area contributed by atoms with E-state index in [1.807, 2.05) is 32.0 Å². The van der Waals surface area contributed by atoms with Crippen molar-refractivity contribution in [2.45, 2.75) is 45.4 Å². The van der Waals surface area contributed by atoms with Crippen LogP contribution >= 0.6 is 0 Å². The highest BCUT2D eigenvalue weighted by Crippen LogP contribution is 2.47. The molecule has 7 heteroatoms. The maximum atomic E-state index is 15.1. The molecule has 4 rings (SSSR count). The van der Waals surface area contributed by atoms with Crippen molar-refractivity contribution in [3.05, 3.63) is 81.9 Å². The molecule has 0 radical (unpaired) electrons. The van der Waals surface area contributed by atoms with E-state index in [4.69, 9.17) is 14.2 Å². The molecule has 6 nitrogen and oxygen atoms in total. The predicted octanol–water partition coefficient (Wildman–Crippen LogP) is 5.40. The summed E-state index contributed by atoms with van der Waals surface area (Å²) in [4.78, 5) is 26.9. The van der Waals surface area contributed by atoms with Gasteiger partial charge in [0.05, 0.1) is 32.3 Å². The van der Waals surface area contributed by atoms with Crippen LogP contribution in [0.1, 0.15) is 56.6 Å². The number of ketones is 1. The van der Waals surface area contributed by atoms with Gasteiger partial charge in [0.25, 0.3) is 0 Å². The van der Waals surface area contributed by atoms with Gasteiger partial charge in [0.2, 0.25) is 0 Å². The molecule has 0 amide bonds. The summed E-state index contributed by atoms with van der Waals surface area (Å²) in [5.74, 6) is -0.717. The van der Waals surface area contributed by atoms with Crippen LogP contribution in [0.5, 0.6) is 11.5 Å². The highest BCUT2D eigenvalue weighted by atomic mass is 19.1. The number of esters is 1. The predicted molar refractivity (Wildman–Crippen MR) is 134 cm³/mol. The topological polar surface area (TPSA) is 73.9 Å². The fourth-order valence-corrected chi connectivity index (χ4v) is 4.99. The summed E-state index contributed by atoms with van der Waals surface area (Å²) in [5.41, 5.74) is 3.21. The van der Waals surface area contributed by atoms with E-state index in [1.165, 1.54) is 6.07 Å². The molecule has 1 aliphatic heterocycles. The molecule has 2 aromatic rings. The molecule has 0 bridgehead atoms. The van der Waals surface area contributed by atoms with Gasteiger partial charge in [-0.25, -0.2) is 9.18 Å². The molecule has 0 fully saturated rings. The van der Waals surface area contributed by atoms with Crippen molar-refractivity contribution in [3.8, 4) is 11.5 Å². The van der Waals surface area contributed by atoms with E-state index in [9.17, 15) is 9.59 Å². The molecule has 0 saturated carbocycles. The molecule has 1 aliphatic carbocycles. The molecule has 2 aliphatic rings. The molecule has 2 unspecified atom stereocenters. The van der Waals surface area contributed by atoms with Crippen molar-refractivity contribution in [1.82, 2.24) is 5.32 Å². The first kappa shape index (κ1) is 25.5. The minimum Gasteiger partial charge on any atom is -0.493 e. The number of Topliss-reactive ketones (excluding diaryl/α,β-unsaturated/α-hetero) is 1. The molecule has 1 N–H and O–H groups in total. The summed E-state index contributed by atoms with van der Waals surface area (Å²) in [6.07, 6.45) is 0.765. The zero-order chi connectivity index (χ0) is 26.0. The second kappa shape index (κ2) is 10.6. The molecule has 190 valence electrons. The van der Waals surface area contributed by atoms with Gasteiger partial charge in [0, 0.05) is 29.0 Å². The summed E-state index contributed by atoms with van der Waals surface area (Å²) < 4.78 is 31.4. The van der Waals surface area contributed by atoms with Crippen LogP contribution in [-0.4, -0.2) is 32.6 Å². The summed E-state index contributed by atoms with van der Waals surface area (Å²) in [6, 6.07) is 11.9. The maximum Gasteiger partial charge on any atom is 0.336 e. The second-order valence-electron chi connectivity index (χ2n) is 9.65. The lowest BCUT2D eigenvalue weighted by Gasteiger charge is -2.37. The van der Waals surface area contributed by atoms with Crippen LogP contribution < -0.4 is 14.8 Å². The third kappa shape index (κ3) is 4.87. The Bertz CT molecular complexity index is 1250. The SMILES string of the molecule is COc1ccc(C2CC(=O)C3=C(C2)NC(C)=C(C(=O)OCC(C)C)C3c2ccccc2F)cc1OC. The van der Waals surface area contributed by atoms with Gasteiger partial charge in [0.1, 0.15) is 5.82 Å². The summed E-state index contributed by atoms with van der Waals surface area (Å²) in [7, 11) is 3.15. The first-order valence-electron chi connectivity index (χ1n) is 12.1. The standard InChI is InChI=1S/C29H32FNO5/c1-16(2)15-36-29(33)26-17(3)31-22-12-19(18-10-11-24(34-4)25(14-18)35-5)13-23(32)28(22)27(26)20-8-6-7-9-21(20)30/h6-11,14,16,19,27,31H,12-13,15H2,1-5H3. The Hall–Kier alpha value is -3.61. The number of halogens is 1. The average molecular weight is 494 g/mol. The lowest BCUT2D eigenvalue weighted by Crippen LogP contribution is -2.36. The highest BCUT2D eigenvalue weighted by molar-refractivity contribution is 6.04. The van der Waals surface area contributed by atoms with Crippen molar-refractivity contribution >= 4 is 11.8 Å². The van der Waals surface area contributed by atoms with E-state index in [0.717, 1.165) is 5.56 Å². The van der Waals surface area contributed by atoms with Gasteiger partial charge in [-0.05, 0) is 48.9 Å². The third-order valence-corrected chi connectivity index (χ3v) is 6.69. The fraction of sp³-hybridized carbons (Fsp3) is 0.379. The van der Waals surface area contributed by atoms with Crippen molar-refractivity contribution in [3.63, 3.8) is 0 Å². The summed E-state index contributed by atoms with van der Waals surface area (Å²) >= 11 is 0. The van der Waals surface area contributed by atoms with E-state index >= 15 is 4.39 Å². The van der Waals surface area contributed by atoms with E-state index in [1.54, 1.807) is 39.3 Å². The zero-order valence-electron chi connectivity index (χ0n) is 21.3. The Kier molecular flexibility index (Phi) is 7.48. The van der Waals surface area contributed by atoms with Crippen molar-refractivity contribution in [2.75, 3.05) is 20.8 Å². The Morgan fingerprint density at radius 3 is 2.47 bits per heavy atom. The van der Waals surface area contributed by atoms with Gasteiger partial charge in [-0.15, -0.1) is 0 Å². The number of hydrogen-bond acceptors (Lipinski definition) is 6. The Balaban J connectivity index is 1.76. The molecular formula is C29H32FNO5. The normalized spacial score (nSPS) is 19.7. The van der Waals surface area contributed by atoms with Gasteiger partial charge < -0.3 is 19.5 Å². The minimum absolute atomic E-state index is 0.105. The Morgan fingerprint density at radius 1 is 1.08 bits per heavy atom. The quantitative estimate of drug-likeness (QED) is 0.521. The number of allylic oxidation sites excluding steroid dienone is 3. The van der Waals surface area contributed by atoms with Crippen LogP contribution in [0.25, 0.3) is 0 Å². The number of carbonyl (C=O) groups is 2. The van der Waals surface area contributed by atoms with Crippen LogP contribution in [0, 0.1) is 11.7 Å². The van der Waals surface area contributed by atoms with Crippen LogP contribution in [0.3, 0.4) is 0 Å². The number of rotatable bonds is 7. The number of benzene rings is 2. The number of hydrogen-bond donors (Lipinski definition) is 1.